The highest BCUT2D eigenvalue weighted by Crippen LogP contribution is 2.31. The molecule has 2 saturated heterocycles. The van der Waals surface area contributed by atoms with E-state index in [2.05, 4.69) is 0 Å². The highest BCUT2D eigenvalue weighted by Gasteiger charge is 2.45. The molecule has 2 heterocycles. The van der Waals surface area contributed by atoms with Crippen LogP contribution in [0.2, 0.25) is 0 Å². The molecule has 124 valence electrons. The Morgan fingerprint density at radius 1 is 1.14 bits per heavy atom. The third kappa shape index (κ3) is 3.73. The number of nitrogens with two attached hydrogens (primary N) is 1. The second kappa shape index (κ2) is 6.45. The Hall–Kier alpha value is -0.280. The van der Waals surface area contributed by atoms with E-state index in [4.69, 9.17) is 24.7 Å². The molecule has 4 N–H and O–H groups in total. The van der Waals surface area contributed by atoms with Crippen molar-refractivity contribution in [3.05, 3.63) is 0 Å². The average molecular weight is 305 g/mol. The Labute approximate surface area is 125 Å². The fourth-order valence-corrected chi connectivity index (χ4v) is 3.00. The largest absolute Gasteiger partial charge is 0.390 e. The van der Waals surface area contributed by atoms with Crippen molar-refractivity contribution in [3.63, 3.8) is 0 Å². The van der Waals surface area contributed by atoms with E-state index in [0.717, 1.165) is 0 Å². The minimum atomic E-state index is -0.791. The normalized spacial score (nSPS) is 51.9. The first-order valence-electron chi connectivity index (χ1n) is 7.38. The molecule has 7 nitrogen and oxygen atoms in total. The minimum Gasteiger partial charge on any atom is -0.390 e. The van der Waals surface area contributed by atoms with Gasteiger partial charge in [-0.3, -0.25) is 0 Å². The fraction of sp³-hybridized carbons (Fsp3) is 1.00. The SMILES string of the molecule is COC1CC(O)C(OC2CC(C)(N)C(O)C(C)O2)C(C)O1. The second-order valence-electron chi connectivity index (χ2n) is 6.34. The molecular formula is C14H27NO6. The van der Waals surface area contributed by atoms with E-state index < -0.39 is 42.5 Å². The molecule has 0 aliphatic carbocycles. The van der Waals surface area contributed by atoms with Gasteiger partial charge in [0.1, 0.15) is 6.10 Å². The van der Waals surface area contributed by atoms with Gasteiger partial charge in [0, 0.05) is 25.5 Å². The number of rotatable bonds is 3. The molecule has 2 fully saturated rings. The molecule has 2 aliphatic heterocycles. The molecule has 0 amide bonds. The summed E-state index contributed by atoms with van der Waals surface area (Å²) >= 11 is 0. The van der Waals surface area contributed by atoms with Crippen molar-refractivity contribution in [2.75, 3.05) is 7.11 Å². The van der Waals surface area contributed by atoms with Crippen molar-refractivity contribution in [2.24, 2.45) is 5.73 Å². The fourth-order valence-electron chi connectivity index (χ4n) is 3.00. The molecule has 0 aromatic heterocycles. The quantitative estimate of drug-likeness (QED) is 0.659. The van der Waals surface area contributed by atoms with Gasteiger partial charge in [0.2, 0.25) is 0 Å². The Morgan fingerprint density at radius 3 is 2.29 bits per heavy atom. The topological polar surface area (TPSA) is 103 Å². The molecule has 2 rings (SSSR count). The molecule has 7 heteroatoms. The van der Waals surface area contributed by atoms with Gasteiger partial charge in [0.25, 0.3) is 0 Å². The Morgan fingerprint density at radius 2 is 1.76 bits per heavy atom. The third-order valence-electron chi connectivity index (χ3n) is 4.31. The van der Waals surface area contributed by atoms with Gasteiger partial charge in [-0.1, -0.05) is 0 Å². The first-order chi connectivity index (χ1) is 9.74. The summed E-state index contributed by atoms with van der Waals surface area (Å²) in [5.41, 5.74) is 5.31. The van der Waals surface area contributed by atoms with Gasteiger partial charge < -0.3 is 34.9 Å². The van der Waals surface area contributed by atoms with Crippen molar-refractivity contribution in [1.29, 1.82) is 0 Å². The molecule has 0 bridgehead atoms. The highest BCUT2D eigenvalue weighted by atomic mass is 16.7. The molecule has 0 saturated carbocycles. The maximum absolute atomic E-state index is 10.2. The van der Waals surface area contributed by atoms with Crippen LogP contribution in [0.5, 0.6) is 0 Å². The van der Waals surface area contributed by atoms with Crippen LogP contribution in [0.1, 0.15) is 33.6 Å². The van der Waals surface area contributed by atoms with E-state index in [9.17, 15) is 10.2 Å². The van der Waals surface area contributed by atoms with Gasteiger partial charge in [-0.25, -0.2) is 0 Å². The Balaban J connectivity index is 1.98. The zero-order valence-corrected chi connectivity index (χ0v) is 13.1. The molecule has 0 radical (unpaired) electrons. The molecular weight excluding hydrogens is 278 g/mol. The maximum atomic E-state index is 10.2. The molecule has 0 spiro atoms. The molecule has 8 unspecified atom stereocenters. The van der Waals surface area contributed by atoms with E-state index in [-0.39, 0.29) is 6.10 Å². The van der Waals surface area contributed by atoms with Gasteiger partial charge in [-0.2, -0.15) is 0 Å². The van der Waals surface area contributed by atoms with Gasteiger partial charge in [0.05, 0.1) is 24.4 Å². The van der Waals surface area contributed by atoms with E-state index in [1.807, 2.05) is 6.92 Å². The van der Waals surface area contributed by atoms with Crippen LogP contribution in [0.15, 0.2) is 0 Å². The first-order valence-corrected chi connectivity index (χ1v) is 7.38. The van der Waals surface area contributed by atoms with Crippen LogP contribution in [-0.4, -0.2) is 66.0 Å². The maximum Gasteiger partial charge on any atom is 0.160 e. The minimum absolute atomic E-state index is 0.325. The van der Waals surface area contributed by atoms with Crippen molar-refractivity contribution in [1.82, 2.24) is 0 Å². The lowest BCUT2D eigenvalue weighted by atomic mass is 9.86. The number of hydrogen-bond acceptors (Lipinski definition) is 7. The second-order valence-corrected chi connectivity index (χ2v) is 6.34. The number of methoxy groups -OCH3 is 1. The van der Waals surface area contributed by atoms with Gasteiger partial charge in [-0.05, 0) is 20.8 Å². The summed E-state index contributed by atoms with van der Waals surface area (Å²) in [6.45, 7) is 5.34. The number of aliphatic hydroxyl groups excluding tert-OH is 2. The number of hydrogen-bond donors (Lipinski definition) is 3. The van der Waals surface area contributed by atoms with Crippen LogP contribution in [0.4, 0.5) is 0 Å². The van der Waals surface area contributed by atoms with E-state index in [0.29, 0.717) is 12.8 Å². The lowest BCUT2D eigenvalue weighted by Gasteiger charge is -2.45. The summed E-state index contributed by atoms with van der Waals surface area (Å²) in [5, 5.41) is 20.2. The third-order valence-corrected chi connectivity index (χ3v) is 4.31. The van der Waals surface area contributed by atoms with Crippen LogP contribution in [0, 0.1) is 0 Å². The predicted octanol–water partition coefficient (Wildman–Crippen LogP) is -0.273. The summed E-state index contributed by atoms with van der Waals surface area (Å²) in [7, 11) is 1.54. The zero-order chi connectivity index (χ0) is 15.8. The number of ether oxygens (including phenoxy) is 4. The van der Waals surface area contributed by atoms with Crippen LogP contribution in [-0.2, 0) is 18.9 Å². The number of aliphatic hydroxyl groups is 2. The van der Waals surface area contributed by atoms with Gasteiger partial charge in [0.15, 0.2) is 12.6 Å². The molecule has 0 aromatic carbocycles. The molecule has 8 atom stereocenters. The predicted molar refractivity (Wildman–Crippen MR) is 74.4 cm³/mol. The van der Waals surface area contributed by atoms with Crippen molar-refractivity contribution >= 4 is 0 Å². The van der Waals surface area contributed by atoms with E-state index in [1.54, 1.807) is 21.0 Å². The summed E-state index contributed by atoms with van der Waals surface area (Å²) < 4.78 is 22.2. The molecule has 21 heavy (non-hydrogen) atoms. The van der Waals surface area contributed by atoms with Gasteiger partial charge >= 0.3 is 0 Å². The summed E-state index contributed by atoms with van der Waals surface area (Å²) in [4.78, 5) is 0. The van der Waals surface area contributed by atoms with Crippen molar-refractivity contribution in [2.45, 2.75) is 82.3 Å². The average Bonchev–Trinajstić information content (AvgIpc) is 2.39. The Bertz CT molecular complexity index is 340. The lowest BCUT2D eigenvalue weighted by Crippen LogP contribution is -2.61. The summed E-state index contributed by atoms with van der Waals surface area (Å²) in [5.74, 6) is 0. The monoisotopic (exact) mass is 305 g/mol. The van der Waals surface area contributed by atoms with Crippen molar-refractivity contribution < 1.29 is 29.2 Å². The lowest BCUT2D eigenvalue weighted by molar-refractivity contribution is -0.306. The van der Waals surface area contributed by atoms with Crippen LogP contribution >= 0.6 is 0 Å². The van der Waals surface area contributed by atoms with E-state index in [1.165, 1.54) is 0 Å². The smallest absolute Gasteiger partial charge is 0.160 e. The van der Waals surface area contributed by atoms with Crippen molar-refractivity contribution in [3.8, 4) is 0 Å². The summed E-state index contributed by atoms with van der Waals surface area (Å²) in [6.07, 6.45) is -3.03. The first kappa shape index (κ1) is 17.1. The molecule has 2 aliphatic rings. The van der Waals surface area contributed by atoms with E-state index >= 15 is 0 Å². The highest BCUT2D eigenvalue weighted by molar-refractivity contribution is 4.95. The molecule has 0 aromatic rings. The van der Waals surface area contributed by atoms with Gasteiger partial charge in [-0.15, -0.1) is 0 Å². The Kier molecular flexibility index (Phi) is 5.25. The zero-order valence-electron chi connectivity index (χ0n) is 13.1. The summed E-state index contributed by atoms with van der Waals surface area (Å²) in [6, 6.07) is 0. The van der Waals surface area contributed by atoms with Crippen LogP contribution < -0.4 is 5.73 Å². The van der Waals surface area contributed by atoms with Crippen LogP contribution in [0.3, 0.4) is 0 Å². The standard InChI is InChI=1S/C14H27NO6/c1-7-12(9(16)5-10(18-4)19-7)21-11-6-14(3,15)13(17)8(2)20-11/h7-13,16-17H,5-6,15H2,1-4H3. The van der Waals surface area contributed by atoms with Crippen LogP contribution in [0.25, 0.3) is 0 Å².